The van der Waals surface area contributed by atoms with Gasteiger partial charge in [0.1, 0.15) is 42.4 Å². The number of hydrogen-bond acceptors (Lipinski definition) is 17. The summed E-state index contributed by atoms with van der Waals surface area (Å²) in [6.45, 7) is -6.55. The van der Waals surface area contributed by atoms with Crippen LogP contribution in [0.5, 0.6) is 0 Å². The summed E-state index contributed by atoms with van der Waals surface area (Å²) in [7, 11) is -5.51. The number of hydrogen-bond donors (Lipinski definition) is 9. The molecule has 41 heavy (non-hydrogen) atoms. The second-order valence-corrected chi connectivity index (χ2v) is 13.1. The van der Waals surface area contributed by atoms with Crippen LogP contribution >= 0.6 is 14.5 Å². The predicted molar refractivity (Wildman–Crippen MR) is 136 cm³/mol. The molecule has 3 heterocycles. The molecule has 19 nitrogen and oxygen atoms in total. The van der Waals surface area contributed by atoms with Crippen molar-refractivity contribution in [2.24, 2.45) is 0 Å². The van der Waals surface area contributed by atoms with Crippen LogP contribution in [0.4, 0.5) is 10.2 Å². The van der Waals surface area contributed by atoms with Crippen LogP contribution in [0.15, 0.2) is 12.7 Å². The smallest absolute Gasteiger partial charge is 0.394 e. The summed E-state index contributed by atoms with van der Waals surface area (Å²) in [4.78, 5) is 32.1. The van der Waals surface area contributed by atoms with Gasteiger partial charge in [-0.2, -0.15) is 0 Å². The Bertz CT molecular complexity index is 1260. The Morgan fingerprint density at radius 2 is 1.85 bits per heavy atom. The number of nitrogens with zero attached hydrogens (tertiary/aromatic N) is 4. The van der Waals surface area contributed by atoms with Gasteiger partial charge in [-0.3, -0.25) is 9.09 Å². The summed E-state index contributed by atoms with van der Waals surface area (Å²) in [5.41, 5.74) is 6.00. The Labute approximate surface area is 235 Å². The van der Waals surface area contributed by atoms with E-state index < -0.39 is 89.7 Å². The van der Waals surface area contributed by atoms with Crippen molar-refractivity contribution in [2.75, 3.05) is 25.6 Å². The zero-order valence-electron chi connectivity index (χ0n) is 21.0. The lowest BCUT2D eigenvalue weighted by atomic mass is 10.1. The zero-order valence-corrected chi connectivity index (χ0v) is 23.7. The number of imidazole rings is 1. The lowest BCUT2D eigenvalue weighted by molar-refractivity contribution is -0.226. The topological polar surface area (TPSA) is 295 Å². The highest BCUT2D eigenvalue weighted by molar-refractivity contribution is 8.08. The summed E-state index contributed by atoms with van der Waals surface area (Å²) >= 11 is 4.68. The average Bonchev–Trinajstić information content (AvgIpc) is 3.45. The molecule has 1 aliphatic rings. The summed E-state index contributed by atoms with van der Waals surface area (Å²) < 4.78 is 53.1. The molecule has 0 amide bonds. The van der Waals surface area contributed by atoms with E-state index in [4.69, 9.17) is 24.8 Å². The fourth-order valence-electron chi connectivity index (χ4n) is 3.66. The summed E-state index contributed by atoms with van der Waals surface area (Å²) in [5, 5.41) is 58.2. The number of aromatic nitrogens is 4. The Morgan fingerprint density at radius 1 is 1.20 bits per heavy atom. The highest BCUT2D eigenvalue weighted by atomic mass is 32.5. The largest absolute Gasteiger partial charge is 0.481 e. The maximum atomic E-state index is 14.9. The Morgan fingerprint density at radius 3 is 2.46 bits per heavy atom. The highest BCUT2D eigenvalue weighted by Crippen LogP contribution is 2.61. The van der Waals surface area contributed by atoms with Gasteiger partial charge in [-0.25, -0.2) is 28.2 Å². The molecule has 11 atom stereocenters. The van der Waals surface area contributed by atoms with Crippen molar-refractivity contribution in [3.63, 3.8) is 0 Å². The third-order valence-corrected chi connectivity index (χ3v) is 9.15. The fourth-order valence-corrected chi connectivity index (χ4v) is 6.77. The molecule has 0 bridgehead atoms. The molecule has 0 spiro atoms. The first-order chi connectivity index (χ1) is 19.1. The van der Waals surface area contributed by atoms with Crippen LogP contribution < -0.4 is 5.73 Å². The fraction of sp³-hybridized carbons (Fsp3) is 0.722. The number of alkyl halides is 1. The van der Waals surface area contributed by atoms with Crippen molar-refractivity contribution in [3.05, 3.63) is 12.7 Å². The quantitative estimate of drug-likeness (QED) is 0.0691. The Kier molecular flexibility index (Phi) is 11.6. The van der Waals surface area contributed by atoms with E-state index in [-0.39, 0.29) is 17.0 Å². The third kappa shape index (κ3) is 8.39. The molecular weight excluding hydrogens is 623 g/mol. The van der Waals surface area contributed by atoms with E-state index in [0.717, 1.165) is 13.3 Å². The number of fused-ring (bicyclic) bond motifs is 1. The minimum Gasteiger partial charge on any atom is -0.394 e. The molecule has 0 radical (unpaired) electrons. The van der Waals surface area contributed by atoms with Crippen LogP contribution in [0.3, 0.4) is 0 Å². The molecule has 8 unspecified atom stereocenters. The molecule has 2 aromatic rings. The van der Waals surface area contributed by atoms with Crippen molar-refractivity contribution in [1.82, 2.24) is 19.5 Å². The van der Waals surface area contributed by atoms with E-state index >= 15 is 0 Å². The molecule has 1 fully saturated rings. The molecule has 0 saturated carbocycles. The monoisotopic (exact) mass is 653 g/mol. The van der Waals surface area contributed by atoms with Crippen LogP contribution in [0.1, 0.15) is 13.2 Å². The number of anilines is 1. The second-order valence-electron chi connectivity index (χ2n) is 8.71. The number of nitrogen functional groups attached to an aromatic ring is 1. The van der Waals surface area contributed by atoms with E-state index in [2.05, 4.69) is 35.6 Å². The SMILES string of the molecule is C[C@H](O)C(OC(OP(=O)(O)OP(O)(=S)OCC1OC(n2cnc3c(N)ncnc32)C(O)C1F)[C@H](O)CO)[C@H](O)CO. The van der Waals surface area contributed by atoms with Crippen LogP contribution in [0, 0.1) is 0 Å². The van der Waals surface area contributed by atoms with Crippen LogP contribution in [-0.2, 0) is 39.2 Å². The number of aliphatic hydroxyl groups excluding tert-OH is 6. The number of phosphoric acid groups is 1. The molecule has 0 aromatic carbocycles. The van der Waals surface area contributed by atoms with E-state index in [9.17, 15) is 44.3 Å². The van der Waals surface area contributed by atoms with Crippen LogP contribution in [0.2, 0.25) is 0 Å². The number of halogens is 1. The van der Waals surface area contributed by atoms with Gasteiger partial charge in [0.05, 0.1) is 32.3 Å². The van der Waals surface area contributed by atoms with Gasteiger partial charge in [-0.15, -0.1) is 0 Å². The maximum Gasteiger partial charge on any atom is 0.481 e. The zero-order chi connectivity index (χ0) is 30.7. The van der Waals surface area contributed by atoms with Gasteiger partial charge in [-0.1, -0.05) is 0 Å². The first kappa shape index (κ1) is 34.1. The molecule has 0 aliphatic carbocycles. The highest BCUT2D eigenvalue weighted by Gasteiger charge is 2.47. The molecular formula is C18H30FN5O14P2S. The molecule has 23 heteroatoms. The lowest BCUT2D eigenvalue weighted by Crippen LogP contribution is -2.46. The molecule has 2 aromatic heterocycles. The number of ether oxygens (including phenoxy) is 2. The standard InChI is InChI=1S/C18H30FN5O14P2S/c1-7(27)14(8(28)2-25)36-18(9(29)3-26)37-39(31,32)38-40(33,41)34-4-10-11(19)13(30)17(35-10)24-6-23-12-15(20)21-5-22-16(12)24/h5-11,13-14,17-18,25-30H,2-4H2,1H3,(H,31,32)(H,33,41)(H2,20,21,22)/t7-,8+,9+,10?,11?,13?,14?,17?,18?,40?/m0/s1. The van der Waals surface area contributed by atoms with Gasteiger partial charge in [0.2, 0.25) is 0 Å². The van der Waals surface area contributed by atoms with Crippen LogP contribution in [0.25, 0.3) is 11.2 Å². The van der Waals surface area contributed by atoms with Gasteiger partial charge in [0.25, 0.3) is 0 Å². The number of phosphoric ester groups is 1. The minimum atomic E-state index is -5.51. The Hall–Kier alpha value is -1.36. The summed E-state index contributed by atoms with van der Waals surface area (Å²) in [6, 6.07) is 0. The van der Waals surface area contributed by atoms with Crippen molar-refractivity contribution in [1.29, 1.82) is 0 Å². The van der Waals surface area contributed by atoms with Crippen molar-refractivity contribution in [2.45, 2.75) is 62.2 Å². The van der Waals surface area contributed by atoms with Crippen LogP contribution in [-0.4, -0.2) is 129 Å². The van der Waals surface area contributed by atoms with E-state index in [1.807, 2.05) is 0 Å². The van der Waals surface area contributed by atoms with Crippen molar-refractivity contribution < 1.29 is 72.2 Å². The van der Waals surface area contributed by atoms with Crippen molar-refractivity contribution in [3.8, 4) is 0 Å². The van der Waals surface area contributed by atoms with Gasteiger partial charge in [0.15, 0.2) is 30.2 Å². The first-order valence-corrected chi connectivity index (χ1v) is 15.7. The van der Waals surface area contributed by atoms with E-state index in [1.54, 1.807) is 0 Å². The van der Waals surface area contributed by atoms with Gasteiger partial charge in [0, 0.05) is 0 Å². The molecule has 3 rings (SSSR count). The first-order valence-electron chi connectivity index (χ1n) is 11.6. The maximum absolute atomic E-state index is 14.9. The predicted octanol–water partition coefficient (Wildman–Crippen LogP) is -2.83. The lowest BCUT2D eigenvalue weighted by Gasteiger charge is -2.32. The average molecular weight is 653 g/mol. The number of aliphatic hydroxyl groups is 6. The number of rotatable bonds is 15. The second kappa shape index (κ2) is 14.0. The minimum absolute atomic E-state index is 0.0248. The molecule has 1 aliphatic heterocycles. The van der Waals surface area contributed by atoms with Crippen molar-refractivity contribution >= 4 is 43.3 Å². The number of nitrogens with two attached hydrogens (primary N) is 1. The summed E-state index contributed by atoms with van der Waals surface area (Å²) in [6.07, 6.45) is -13.8. The van der Waals surface area contributed by atoms with E-state index in [0.29, 0.717) is 0 Å². The Balaban J connectivity index is 1.66. The normalized spacial score (nSPS) is 28.0. The van der Waals surface area contributed by atoms with E-state index in [1.165, 1.54) is 10.9 Å². The molecule has 234 valence electrons. The molecule has 1 saturated heterocycles. The van der Waals surface area contributed by atoms with Gasteiger partial charge in [-0.05, 0) is 18.7 Å². The third-order valence-electron chi connectivity index (χ3n) is 5.63. The van der Waals surface area contributed by atoms with Gasteiger partial charge >= 0.3 is 14.5 Å². The molecule has 10 N–H and O–H groups in total. The summed E-state index contributed by atoms with van der Waals surface area (Å²) in [5.74, 6) is 0.0248. The van der Waals surface area contributed by atoms with Gasteiger partial charge < -0.3 is 60.2 Å².